The van der Waals surface area contributed by atoms with Crippen LogP contribution in [0.3, 0.4) is 0 Å². The molecule has 0 radical (unpaired) electrons. The van der Waals surface area contributed by atoms with E-state index in [0.29, 0.717) is 11.8 Å². The largest absolute Gasteiger partial charge is 0.329 e. The Balaban J connectivity index is 2.15. The lowest BCUT2D eigenvalue weighted by Gasteiger charge is -2.25. The highest BCUT2D eigenvalue weighted by Crippen LogP contribution is 2.35. The maximum atomic E-state index is 11.5. The molecule has 1 heterocycles. The van der Waals surface area contributed by atoms with Crippen LogP contribution in [0.5, 0.6) is 0 Å². The van der Waals surface area contributed by atoms with Crippen molar-refractivity contribution in [2.24, 2.45) is 11.8 Å². The lowest BCUT2D eigenvalue weighted by Crippen LogP contribution is -2.42. The van der Waals surface area contributed by atoms with Gasteiger partial charge in [0.15, 0.2) is 0 Å². The Morgan fingerprint density at radius 2 is 2.00 bits per heavy atom. The number of amides is 3. The number of nitrogens with one attached hydrogen (secondary N) is 1. The molecule has 0 aromatic heterocycles. The molecular formula is C10H16N2O2. The van der Waals surface area contributed by atoms with Gasteiger partial charge in [0.2, 0.25) is 5.91 Å². The molecule has 1 aliphatic heterocycles. The van der Waals surface area contributed by atoms with Crippen LogP contribution >= 0.6 is 0 Å². The van der Waals surface area contributed by atoms with Gasteiger partial charge in [0.25, 0.3) is 0 Å². The Morgan fingerprint density at radius 3 is 2.43 bits per heavy atom. The fourth-order valence-corrected chi connectivity index (χ4v) is 2.47. The van der Waals surface area contributed by atoms with Crippen LogP contribution in [0.2, 0.25) is 0 Å². The molecule has 1 saturated carbocycles. The Labute approximate surface area is 83.6 Å². The molecule has 3 amide bonds. The summed E-state index contributed by atoms with van der Waals surface area (Å²) in [6.45, 7) is 4.49. The third kappa shape index (κ3) is 1.29. The Bertz CT molecular complexity index is 261. The van der Waals surface area contributed by atoms with Gasteiger partial charge in [-0.15, -0.1) is 0 Å². The molecule has 4 heteroatoms. The van der Waals surface area contributed by atoms with E-state index in [1.807, 2.05) is 0 Å². The standard InChI is InChI=1S/C10H16N2O2/c1-6-3-4-8(7(6)2)12-9(13)5-11-10(12)14/h6-8H,3-5H2,1-2H3,(H,11,14). The number of hydrogen-bond donors (Lipinski definition) is 1. The number of urea groups is 1. The van der Waals surface area contributed by atoms with Gasteiger partial charge in [-0.05, 0) is 24.7 Å². The SMILES string of the molecule is CC1CCC(N2C(=O)CNC2=O)C1C. The number of hydrogen-bond acceptors (Lipinski definition) is 2. The topological polar surface area (TPSA) is 49.4 Å². The summed E-state index contributed by atoms with van der Waals surface area (Å²) in [5.74, 6) is 0.977. The molecule has 2 rings (SSSR count). The highest BCUT2D eigenvalue weighted by Gasteiger charge is 2.41. The van der Waals surface area contributed by atoms with Gasteiger partial charge in [0.05, 0.1) is 6.54 Å². The van der Waals surface area contributed by atoms with Crippen LogP contribution in [-0.2, 0) is 4.79 Å². The first-order valence-corrected chi connectivity index (χ1v) is 5.21. The molecule has 3 atom stereocenters. The zero-order chi connectivity index (χ0) is 10.3. The van der Waals surface area contributed by atoms with Crippen LogP contribution in [0.25, 0.3) is 0 Å². The molecule has 1 saturated heterocycles. The highest BCUT2D eigenvalue weighted by molar-refractivity contribution is 6.02. The molecular weight excluding hydrogens is 180 g/mol. The van der Waals surface area contributed by atoms with E-state index < -0.39 is 0 Å². The second-order valence-corrected chi connectivity index (χ2v) is 4.40. The molecule has 1 aliphatic carbocycles. The smallest absolute Gasteiger partial charge is 0.324 e. The van der Waals surface area contributed by atoms with Crippen molar-refractivity contribution in [1.82, 2.24) is 10.2 Å². The fraction of sp³-hybridized carbons (Fsp3) is 0.800. The molecule has 0 aromatic rings. The monoisotopic (exact) mass is 196 g/mol. The molecule has 0 spiro atoms. The van der Waals surface area contributed by atoms with Crippen molar-refractivity contribution in [3.63, 3.8) is 0 Å². The van der Waals surface area contributed by atoms with Gasteiger partial charge >= 0.3 is 6.03 Å². The van der Waals surface area contributed by atoms with E-state index >= 15 is 0 Å². The third-order valence-electron chi connectivity index (χ3n) is 3.63. The summed E-state index contributed by atoms with van der Waals surface area (Å²) >= 11 is 0. The number of carbonyl (C=O) groups is 2. The molecule has 2 aliphatic rings. The average Bonchev–Trinajstić information content (AvgIpc) is 2.62. The zero-order valence-electron chi connectivity index (χ0n) is 8.62. The van der Waals surface area contributed by atoms with Crippen molar-refractivity contribution in [1.29, 1.82) is 0 Å². The summed E-state index contributed by atoms with van der Waals surface area (Å²) in [5.41, 5.74) is 0. The van der Waals surface area contributed by atoms with Gasteiger partial charge in [-0.1, -0.05) is 13.8 Å². The molecule has 1 N–H and O–H groups in total. The van der Waals surface area contributed by atoms with Crippen molar-refractivity contribution < 1.29 is 9.59 Å². The summed E-state index contributed by atoms with van der Waals surface area (Å²) in [6.07, 6.45) is 2.07. The van der Waals surface area contributed by atoms with E-state index in [1.54, 1.807) is 0 Å². The van der Waals surface area contributed by atoms with E-state index in [1.165, 1.54) is 4.90 Å². The summed E-state index contributed by atoms with van der Waals surface area (Å²) < 4.78 is 0. The molecule has 0 bridgehead atoms. The molecule has 3 unspecified atom stereocenters. The normalized spacial score (nSPS) is 37.9. The van der Waals surface area contributed by atoms with E-state index in [0.717, 1.165) is 12.8 Å². The molecule has 78 valence electrons. The molecule has 4 nitrogen and oxygen atoms in total. The van der Waals surface area contributed by atoms with Crippen LogP contribution in [0, 0.1) is 11.8 Å². The molecule has 14 heavy (non-hydrogen) atoms. The first-order chi connectivity index (χ1) is 6.61. The summed E-state index contributed by atoms with van der Waals surface area (Å²) in [4.78, 5) is 24.3. The van der Waals surface area contributed by atoms with E-state index in [4.69, 9.17) is 0 Å². The predicted octanol–water partition coefficient (Wildman–Crippen LogP) is 0.973. The van der Waals surface area contributed by atoms with Crippen molar-refractivity contribution in [2.45, 2.75) is 32.7 Å². The average molecular weight is 196 g/mol. The summed E-state index contributed by atoms with van der Waals surface area (Å²) in [5, 5.41) is 2.57. The molecule has 2 fully saturated rings. The minimum Gasteiger partial charge on any atom is -0.329 e. The van der Waals surface area contributed by atoms with Crippen molar-refractivity contribution in [3.8, 4) is 0 Å². The zero-order valence-corrected chi connectivity index (χ0v) is 8.62. The fourth-order valence-electron chi connectivity index (χ4n) is 2.47. The van der Waals surface area contributed by atoms with Crippen LogP contribution in [0.15, 0.2) is 0 Å². The minimum atomic E-state index is -0.207. The first kappa shape index (κ1) is 9.49. The van der Waals surface area contributed by atoms with E-state index in [9.17, 15) is 9.59 Å². The number of rotatable bonds is 1. The molecule has 0 aromatic carbocycles. The van der Waals surface area contributed by atoms with E-state index in [-0.39, 0.29) is 24.5 Å². The van der Waals surface area contributed by atoms with Gasteiger partial charge in [-0.2, -0.15) is 0 Å². The number of nitrogens with zero attached hydrogens (tertiary/aromatic N) is 1. The van der Waals surface area contributed by atoms with Crippen LogP contribution in [-0.4, -0.2) is 29.4 Å². The van der Waals surface area contributed by atoms with Gasteiger partial charge in [-0.25, -0.2) is 4.79 Å². The quantitative estimate of drug-likeness (QED) is 0.635. The van der Waals surface area contributed by atoms with Crippen LogP contribution in [0.4, 0.5) is 4.79 Å². The lowest BCUT2D eigenvalue weighted by atomic mass is 9.97. The van der Waals surface area contributed by atoms with E-state index in [2.05, 4.69) is 19.2 Å². The van der Waals surface area contributed by atoms with Gasteiger partial charge in [0, 0.05) is 6.04 Å². The third-order valence-corrected chi connectivity index (χ3v) is 3.63. The van der Waals surface area contributed by atoms with Crippen LogP contribution in [0.1, 0.15) is 26.7 Å². The maximum absolute atomic E-state index is 11.5. The van der Waals surface area contributed by atoms with Gasteiger partial charge in [-0.3, -0.25) is 9.69 Å². The highest BCUT2D eigenvalue weighted by atomic mass is 16.2. The Kier molecular flexibility index (Phi) is 2.21. The summed E-state index contributed by atoms with van der Waals surface area (Å²) in [7, 11) is 0. The van der Waals surface area contributed by atoms with Crippen LogP contribution < -0.4 is 5.32 Å². The van der Waals surface area contributed by atoms with Gasteiger partial charge in [0.1, 0.15) is 0 Å². The first-order valence-electron chi connectivity index (χ1n) is 5.21. The maximum Gasteiger partial charge on any atom is 0.324 e. The Morgan fingerprint density at radius 1 is 1.29 bits per heavy atom. The van der Waals surface area contributed by atoms with Crippen molar-refractivity contribution >= 4 is 11.9 Å². The number of carbonyl (C=O) groups excluding carboxylic acids is 2. The second-order valence-electron chi connectivity index (χ2n) is 4.40. The minimum absolute atomic E-state index is 0.0686. The Hall–Kier alpha value is -1.06. The summed E-state index contributed by atoms with van der Waals surface area (Å²) in [6, 6.07) is -0.0825. The number of imide groups is 1. The van der Waals surface area contributed by atoms with Crippen molar-refractivity contribution in [2.75, 3.05) is 6.54 Å². The second kappa shape index (κ2) is 3.26. The van der Waals surface area contributed by atoms with Gasteiger partial charge < -0.3 is 5.32 Å². The lowest BCUT2D eigenvalue weighted by molar-refractivity contribution is -0.127. The predicted molar refractivity (Wildman–Crippen MR) is 51.6 cm³/mol. The van der Waals surface area contributed by atoms with Crippen molar-refractivity contribution in [3.05, 3.63) is 0 Å².